The molecule has 5 nitrogen and oxygen atoms in total. The molecule has 0 saturated heterocycles. The van der Waals surface area contributed by atoms with Crippen molar-refractivity contribution in [2.24, 2.45) is 0 Å². The van der Waals surface area contributed by atoms with Crippen LogP contribution in [0.25, 0.3) is 0 Å². The van der Waals surface area contributed by atoms with Gasteiger partial charge in [-0.25, -0.2) is 4.79 Å². The van der Waals surface area contributed by atoms with E-state index in [1.54, 1.807) is 25.1 Å². The zero-order valence-electron chi connectivity index (χ0n) is 9.46. The largest absolute Gasteiger partial charge is 0.366 e. The van der Waals surface area contributed by atoms with Crippen molar-refractivity contribution in [3.05, 3.63) is 68.5 Å². The van der Waals surface area contributed by atoms with Gasteiger partial charge >= 0.3 is 5.69 Å². The van der Waals surface area contributed by atoms with E-state index in [2.05, 4.69) is 0 Å². The number of aryl methyl sites for hydroxylation is 1. The Bertz CT molecular complexity index is 731. The Morgan fingerprint density at radius 2 is 1.83 bits per heavy atom. The first-order valence-corrected chi connectivity index (χ1v) is 5.13. The highest BCUT2D eigenvalue weighted by atomic mass is 19.2. The van der Waals surface area contributed by atoms with E-state index >= 15 is 0 Å². The van der Waals surface area contributed by atoms with Crippen molar-refractivity contribution < 1.29 is 9.28 Å². The van der Waals surface area contributed by atoms with Gasteiger partial charge in [-0.05, 0) is 18.6 Å². The molecule has 1 aromatic heterocycles. The lowest BCUT2D eigenvalue weighted by molar-refractivity contribution is 0.0942. The molecule has 0 unspecified atom stereocenters. The van der Waals surface area contributed by atoms with Gasteiger partial charge in [0.1, 0.15) is 0 Å². The molecule has 2 aromatic rings. The van der Waals surface area contributed by atoms with Crippen LogP contribution >= 0.6 is 0 Å². The maximum atomic E-state index is 13.0. The van der Waals surface area contributed by atoms with Crippen LogP contribution in [0, 0.1) is 6.92 Å². The Kier molecular flexibility index (Phi) is 2.93. The quantitative estimate of drug-likeness (QED) is 0.747. The number of halogens is 1. The molecule has 0 fully saturated rings. The highest BCUT2D eigenvalue weighted by Crippen LogP contribution is 2.07. The Morgan fingerprint density at radius 3 is 2.50 bits per heavy atom. The monoisotopic (exact) mass is 248 g/mol. The lowest BCUT2D eigenvalue weighted by Crippen LogP contribution is -2.41. The molecule has 1 aromatic carbocycles. The predicted octanol–water partition coefficient (Wildman–Crippen LogP) is 0.740. The van der Waals surface area contributed by atoms with Crippen LogP contribution in [0.2, 0.25) is 0 Å². The van der Waals surface area contributed by atoms with Gasteiger partial charge in [-0.15, -0.1) is 4.79 Å². The number of carbonyl (C=O) groups is 1. The van der Waals surface area contributed by atoms with E-state index in [1.807, 2.05) is 0 Å². The smallest absolute Gasteiger partial charge is 0.269 e. The molecule has 0 bridgehead atoms. The van der Waals surface area contributed by atoms with E-state index in [1.165, 1.54) is 6.07 Å². The van der Waals surface area contributed by atoms with Crippen LogP contribution < -0.4 is 11.2 Å². The van der Waals surface area contributed by atoms with Gasteiger partial charge in [0, 0.05) is 17.8 Å². The van der Waals surface area contributed by atoms with Gasteiger partial charge in [0.2, 0.25) is 0 Å². The first kappa shape index (κ1) is 12.0. The molecule has 0 atom stereocenters. The third-order valence-electron chi connectivity index (χ3n) is 2.52. The molecular formula is C12H9FN2O3. The van der Waals surface area contributed by atoms with Gasteiger partial charge in [-0.1, -0.05) is 22.7 Å². The Hall–Kier alpha value is -2.50. The molecule has 6 heteroatoms. The average Bonchev–Trinajstić information content (AvgIpc) is 2.35. The number of nitrogens with zero attached hydrogens (tertiary/aromatic N) is 2. The molecule has 0 aliphatic carbocycles. The Morgan fingerprint density at radius 1 is 1.17 bits per heavy atom. The van der Waals surface area contributed by atoms with Crippen molar-refractivity contribution in [2.75, 3.05) is 0 Å². The van der Waals surface area contributed by atoms with E-state index in [0.29, 0.717) is 11.8 Å². The van der Waals surface area contributed by atoms with Gasteiger partial charge in [0.05, 0.1) is 0 Å². The molecule has 0 radical (unpaired) electrons. The summed E-state index contributed by atoms with van der Waals surface area (Å²) in [6.45, 7) is 1.66. The summed E-state index contributed by atoms with van der Waals surface area (Å²) in [6.07, 6.45) is 0.673. The fourth-order valence-electron chi connectivity index (χ4n) is 1.58. The zero-order valence-corrected chi connectivity index (χ0v) is 9.46. The lowest BCUT2D eigenvalue weighted by atomic mass is 10.1. The van der Waals surface area contributed by atoms with Crippen LogP contribution in [0.5, 0.6) is 0 Å². The summed E-state index contributed by atoms with van der Waals surface area (Å²) in [4.78, 5) is 34.7. The number of benzene rings is 1. The molecule has 0 amide bonds. The minimum absolute atomic E-state index is 0.183. The lowest BCUT2D eigenvalue weighted by Gasteiger charge is -2.05. The average molecular weight is 248 g/mol. The van der Waals surface area contributed by atoms with E-state index in [4.69, 9.17) is 0 Å². The van der Waals surface area contributed by atoms with Gasteiger partial charge in [-0.3, -0.25) is 9.59 Å². The number of aromatic nitrogens is 2. The first-order valence-electron chi connectivity index (χ1n) is 5.13. The van der Waals surface area contributed by atoms with Crippen molar-refractivity contribution in [1.29, 1.82) is 0 Å². The number of hydrogen-bond acceptors (Lipinski definition) is 3. The van der Waals surface area contributed by atoms with E-state index < -0.39 is 17.2 Å². The summed E-state index contributed by atoms with van der Waals surface area (Å²) in [6, 6.07) is 7.27. The number of rotatable bonds is 1. The SMILES string of the molecule is Cc1ccccc1C(=O)n1c(=O)ccn(F)c1=O. The fraction of sp³-hybridized carbons (Fsp3) is 0.0833. The van der Waals surface area contributed by atoms with Crippen LogP contribution in [-0.4, -0.2) is 15.3 Å². The molecule has 0 aliphatic rings. The van der Waals surface area contributed by atoms with Crippen molar-refractivity contribution in [3.8, 4) is 0 Å². The second-order valence-corrected chi connectivity index (χ2v) is 3.70. The minimum Gasteiger partial charge on any atom is -0.269 e. The van der Waals surface area contributed by atoms with Crippen molar-refractivity contribution in [2.45, 2.75) is 6.92 Å². The zero-order chi connectivity index (χ0) is 13.3. The summed E-state index contributed by atoms with van der Waals surface area (Å²) in [7, 11) is 0. The molecule has 0 saturated carbocycles. The molecule has 1 heterocycles. The summed E-state index contributed by atoms with van der Waals surface area (Å²) < 4.78 is 13.3. The molecule has 92 valence electrons. The normalized spacial score (nSPS) is 10.3. The molecule has 0 N–H and O–H groups in total. The molecule has 0 aliphatic heterocycles. The number of hydrogen-bond donors (Lipinski definition) is 0. The van der Waals surface area contributed by atoms with Crippen molar-refractivity contribution >= 4 is 5.91 Å². The second kappa shape index (κ2) is 4.40. The van der Waals surface area contributed by atoms with Crippen LogP contribution in [0.3, 0.4) is 0 Å². The number of carbonyl (C=O) groups excluding carboxylic acids is 1. The minimum atomic E-state index is -1.31. The Balaban J connectivity index is 2.69. The molecule has 18 heavy (non-hydrogen) atoms. The standard InChI is InChI=1S/C12H9FN2O3/c1-8-4-2-3-5-9(8)11(17)15-10(16)6-7-14(13)12(15)18/h2-7H,1H3. The predicted molar refractivity (Wildman–Crippen MR) is 62.4 cm³/mol. The van der Waals surface area contributed by atoms with Crippen LogP contribution in [-0.2, 0) is 0 Å². The van der Waals surface area contributed by atoms with Gasteiger partial charge in [0.15, 0.2) is 0 Å². The maximum absolute atomic E-state index is 13.0. The Labute approximate surface area is 101 Å². The van der Waals surface area contributed by atoms with Crippen LogP contribution in [0.4, 0.5) is 4.48 Å². The maximum Gasteiger partial charge on any atom is 0.366 e. The fourth-order valence-corrected chi connectivity index (χ4v) is 1.58. The van der Waals surface area contributed by atoms with Crippen molar-refractivity contribution in [3.63, 3.8) is 0 Å². The molecular weight excluding hydrogens is 239 g/mol. The van der Waals surface area contributed by atoms with Gasteiger partial charge < -0.3 is 0 Å². The van der Waals surface area contributed by atoms with E-state index in [-0.39, 0.29) is 14.9 Å². The summed E-state index contributed by atoms with van der Waals surface area (Å²) in [5, 5.41) is 0. The van der Waals surface area contributed by atoms with Gasteiger partial charge in [-0.2, -0.15) is 4.57 Å². The topological polar surface area (TPSA) is 61.1 Å². The summed E-state index contributed by atoms with van der Waals surface area (Å²) in [5.74, 6) is -0.838. The molecule has 2 rings (SSSR count). The molecule has 0 spiro atoms. The third-order valence-corrected chi connectivity index (χ3v) is 2.52. The van der Waals surface area contributed by atoms with Crippen LogP contribution in [0.1, 0.15) is 15.9 Å². The van der Waals surface area contributed by atoms with Crippen molar-refractivity contribution in [1.82, 2.24) is 9.36 Å². The third kappa shape index (κ3) is 1.88. The first-order chi connectivity index (χ1) is 8.52. The van der Waals surface area contributed by atoms with E-state index in [9.17, 15) is 18.9 Å². The van der Waals surface area contributed by atoms with Gasteiger partial charge in [0.25, 0.3) is 11.5 Å². The highest BCUT2D eigenvalue weighted by Gasteiger charge is 2.16. The summed E-state index contributed by atoms with van der Waals surface area (Å²) in [5.41, 5.74) is -1.39. The summed E-state index contributed by atoms with van der Waals surface area (Å²) >= 11 is 0. The van der Waals surface area contributed by atoms with Crippen LogP contribution in [0.15, 0.2) is 46.1 Å². The highest BCUT2D eigenvalue weighted by molar-refractivity contribution is 5.96. The second-order valence-electron chi connectivity index (χ2n) is 3.70. The van der Waals surface area contributed by atoms with E-state index in [0.717, 1.165) is 6.07 Å².